The summed E-state index contributed by atoms with van der Waals surface area (Å²) in [6.07, 6.45) is 0.291. The monoisotopic (exact) mass is 165 g/mol. The van der Waals surface area contributed by atoms with E-state index >= 15 is 0 Å². The summed E-state index contributed by atoms with van der Waals surface area (Å²) in [5.41, 5.74) is -1.32. The number of carbonyl (C=O) groups excluding carboxylic acids is 1. The molecule has 0 heterocycles. The molecule has 0 aromatic carbocycles. The summed E-state index contributed by atoms with van der Waals surface area (Å²) in [5.74, 6) is -1.29. The Kier molecular flexibility index (Phi) is 6.96. The molecule has 0 aliphatic heterocycles. The zero-order valence-corrected chi connectivity index (χ0v) is 9.59. The number of hydrogen-bond donors (Lipinski definition) is 0. The quantitative estimate of drug-likeness (QED) is 0.320. The SMILES string of the molecule is [C-]#[N+]C(C)(CC)C(=O)[O-].[K+]. The van der Waals surface area contributed by atoms with Crippen molar-refractivity contribution in [3.05, 3.63) is 11.4 Å². The topological polar surface area (TPSA) is 44.5 Å². The van der Waals surface area contributed by atoms with Gasteiger partial charge in [0.1, 0.15) is 5.97 Å². The van der Waals surface area contributed by atoms with E-state index in [1.807, 2.05) is 0 Å². The van der Waals surface area contributed by atoms with Gasteiger partial charge in [-0.05, 0) is 0 Å². The van der Waals surface area contributed by atoms with Gasteiger partial charge in [0, 0.05) is 13.3 Å². The molecule has 0 saturated heterocycles. The summed E-state index contributed by atoms with van der Waals surface area (Å²) < 4.78 is 0. The molecular weight excluding hydrogens is 157 g/mol. The van der Waals surface area contributed by atoms with E-state index in [1.165, 1.54) is 6.92 Å². The number of nitrogens with zero attached hydrogens (tertiary/aromatic N) is 1. The maximum Gasteiger partial charge on any atom is 1.00 e. The number of aliphatic carboxylic acids is 1. The van der Waals surface area contributed by atoms with Gasteiger partial charge in [0.05, 0.1) is 0 Å². The first-order chi connectivity index (χ1) is 4.06. The minimum absolute atomic E-state index is 0. The number of carboxylic acids is 1. The molecule has 0 saturated carbocycles. The smallest absolute Gasteiger partial charge is 0.542 e. The summed E-state index contributed by atoms with van der Waals surface area (Å²) in [6.45, 7) is 9.49. The van der Waals surface area contributed by atoms with Crippen LogP contribution in [0.25, 0.3) is 4.85 Å². The summed E-state index contributed by atoms with van der Waals surface area (Å²) in [5, 5.41) is 10.2. The van der Waals surface area contributed by atoms with Crippen LogP contribution >= 0.6 is 0 Å². The second kappa shape index (κ2) is 5.27. The fourth-order valence-corrected chi connectivity index (χ4v) is 0.269. The van der Waals surface area contributed by atoms with E-state index in [4.69, 9.17) is 6.57 Å². The third-order valence-electron chi connectivity index (χ3n) is 1.37. The molecule has 0 aliphatic carbocycles. The summed E-state index contributed by atoms with van der Waals surface area (Å²) in [4.78, 5) is 13.1. The summed E-state index contributed by atoms with van der Waals surface area (Å²) >= 11 is 0. The van der Waals surface area contributed by atoms with Crippen LogP contribution in [0.1, 0.15) is 20.3 Å². The molecule has 0 amide bonds. The van der Waals surface area contributed by atoms with Crippen LogP contribution in [-0.2, 0) is 4.79 Å². The Hall–Kier alpha value is 0.596. The molecule has 4 heteroatoms. The molecule has 0 rings (SSSR count). The van der Waals surface area contributed by atoms with Gasteiger partial charge < -0.3 is 14.7 Å². The molecule has 10 heavy (non-hydrogen) atoms. The Labute approximate surface area is 103 Å². The minimum Gasteiger partial charge on any atom is -0.542 e. The first-order valence-corrected chi connectivity index (χ1v) is 2.67. The fourth-order valence-electron chi connectivity index (χ4n) is 0.269. The van der Waals surface area contributed by atoms with E-state index in [9.17, 15) is 9.90 Å². The van der Waals surface area contributed by atoms with E-state index in [0.717, 1.165) is 0 Å². The van der Waals surface area contributed by atoms with E-state index in [1.54, 1.807) is 6.92 Å². The molecule has 0 fully saturated rings. The maximum atomic E-state index is 10.2. The van der Waals surface area contributed by atoms with Crippen LogP contribution in [-0.4, -0.2) is 11.5 Å². The van der Waals surface area contributed by atoms with Crippen molar-refractivity contribution in [3.63, 3.8) is 0 Å². The van der Waals surface area contributed by atoms with Crippen molar-refractivity contribution < 1.29 is 61.3 Å². The van der Waals surface area contributed by atoms with Crippen LogP contribution in [0.3, 0.4) is 0 Å². The zero-order chi connectivity index (χ0) is 7.49. The van der Waals surface area contributed by atoms with E-state index in [0.29, 0.717) is 6.42 Å². The average molecular weight is 165 g/mol. The molecule has 3 nitrogen and oxygen atoms in total. The first-order valence-electron chi connectivity index (χ1n) is 2.67. The molecule has 0 aromatic rings. The third-order valence-corrected chi connectivity index (χ3v) is 1.37. The van der Waals surface area contributed by atoms with Gasteiger partial charge in [-0.15, -0.1) is 0 Å². The van der Waals surface area contributed by atoms with E-state index in [-0.39, 0.29) is 51.4 Å². The molecule has 0 spiro atoms. The van der Waals surface area contributed by atoms with Crippen molar-refractivity contribution in [1.82, 2.24) is 0 Å². The maximum absolute atomic E-state index is 10.2. The van der Waals surface area contributed by atoms with Crippen LogP contribution in [0.2, 0.25) is 0 Å². The van der Waals surface area contributed by atoms with Gasteiger partial charge in [0.25, 0.3) is 5.54 Å². The predicted octanol–water partition coefficient (Wildman–Crippen LogP) is -3.17. The number of carbonyl (C=O) groups is 1. The zero-order valence-electron chi connectivity index (χ0n) is 6.47. The second-order valence-corrected chi connectivity index (χ2v) is 2.03. The van der Waals surface area contributed by atoms with Gasteiger partial charge in [0.15, 0.2) is 0 Å². The molecule has 0 aromatic heterocycles. The molecule has 0 N–H and O–H groups in total. The van der Waals surface area contributed by atoms with Gasteiger partial charge in [-0.2, -0.15) is 0 Å². The molecule has 50 valence electrons. The Morgan fingerprint density at radius 1 is 1.80 bits per heavy atom. The Morgan fingerprint density at radius 2 is 2.20 bits per heavy atom. The summed E-state index contributed by atoms with van der Waals surface area (Å²) in [6, 6.07) is 0. The van der Waals surface area contributed by atoms with E-state index in [2.05, 4.69) is 4.85 Å². The van der Waals surface area contributed by atoms with Gasteiger partial charge in [-0.1, -0.05) is 6.92 Å². The third kappa shape index (κ3) is 3.13. The Bertz CT molecular complexity index is 164. The van der Waals surface area contributed by atoms with Crippen molar-refractivity contribution >= 4 is 5.97 Å². The minimum atomic E-state index is -1.32. The summed E-state index contributed by atoms with van der Waals surface area (Å²) in [7, 11) is 0. The normalized spacial score (nSPS) is 14.1. The van der Waals surface area contributed by atoms with E-state index < -0.39 is 11.5 Å². The van der Waals surface area contributed by atoms with Crippen LogP contribution < -0.4 is 56.5 Å². The van der Waals surface area contributed by atoms with Crippen molar-refractivity contribution in [1.29, 1.82) is 0 Å². The van der Waals surface area contributed by atoms with Crippen LogP contribution in [0.15, 0.2) is 0 Å². The molecule has 0 bridgehead atoms. The number of rotatable bonds is 2. The van der Waals surface area contributed by atoms with Crippen LogP contribution in [0, 0.1) is 6.57 Å². The van der Waals surface area contributed by atoms with Gasteiger partial charge in [-0.25, -0.2) is 6.57 Å². The molecule has 0 radical (unpaired) electrons. The number of carboxylic acid groups (broad SMARTS) is 1. The van der Waals surface area contributed by atoms with Gasteiger partial charge >= 0.3 is 51.4 Å². The molecule has 1 atom stereocenters. The first kappa shape index (κ1) is 13.2. The van der Waals surface area contributed by atoms with Crippen molar-refractivity contribution in [3.8, 4) is 0 Å². The van der Waals surface area contributed by atoms with Gasteiger partial charge in [0.2, 0.25) is 0 Å². The van der Waals surface area contributed by atoms with Crippen molar-refractivity contribution in [2.45, 2.75) is 25.8 Å². The standard InChI is InChI=1S/C6H9NO2.K/c1-4-6(2,7-3)5(8)9;/h4H2,1-2H3,(H,8,9);/q;+1/p-1. The molecular formula is C6H8KNO2. The fraction of sp³-hybridized carbons (Fsp3) is 0.667. The molecule has 1 unspecified atom stereocenters. The average Bonchev–Trinajstić information content (AvgIpc) is 1.86. The van der Waals surface area contributed by atoms with Gasteiger partial charge in [-0.3, -0.25) is 0 Å². The largest absolute Gasteiger partial charge is 1.00 e. The Morgan fingerprint density at radius 3 is 2.20 bits per heavy atom. The predicted molar refractivity (Wildman–Crippen MR) is 30.3 cm³/mol. The van der Waals surface area contributed by atoms with Crippen molar-refractivity contribution in [2.75, 3.05) is 0 Å². The number of hydrogen-bond acceptors (Lipinski definition) is 2. The second-order valence-electron chi connectivity index (χ2n) is 2.03. The van der Waals surface area contributed by atoms with Crippen LogP contribution in [0.4, 0.5) is 0 Å². The van der Waals surface area contributed by atoms with Crippen molar-refractivity contribution in [2.24, 2.45) is 0 Å². The Balaban J connectivity index is 0. The van der Waals surface area contributed by atoms with Crippen LogP contribution in [0.5, 0.6) is 0 Å². The molecule has 0 aliphatic rings.